The Hall–Kier alpha value is -1.96. The predicted octanol–water partition coefficient (Wildman–Crippen LogP) is 2.49. The average Bonchev–Trinajstić information content (AvgIpc) is 2.30. The van der Waals surface area contributed by atoms with Gasteiger partial charge in [-0.15, -0.1) is 0 Å². The molecule has 1 aromatic carbocycles. The largest absolute Gasteiger partial charge is 0.294 e. The molecule has 15 heavy (non-hydrogen) atoms. The Morgan fingerprint density at radius 3 is 2.67 bits per heavy atom. The molecule has 1 aromatic heterocycles. The van der Waals surface area contributed by atoms with E-state index in [9.17, 15) is 4.79 Å². The van der Waals surface area contributed by atoms with E-state index in [2.05, 4.69) is 4.98 Å². The molecule has 3 rings (SSSR count). The Bertz CT molecular complexity index is 546. The summed E-state index contributed by atoms with van der Waals surface area (Å²) < 4.78 is 0. The molecule has 0 spiro atoms. The van der Waals surface area contributed by atoms with E-state index < -0.39 is 0 Å². The molecule has 0 unspecified atom stereocenters. The van der Waals surface area contributed by atoms with Crippen molar-refractivity contribution in [1.82, 2.24) is 4.98 Å². The molecule has 72 valence electrons. The van der Waals surface area contributed by atoms with Crippen LogP contribution >= 0.6 is 0 Å². The second-order valence-corrected chi connectivity index (χ2v) is 3.68. The molecule has 0 saturated carbocycles. The van der Waals surface area contributed by atoms with Gasteiger partial charge in [0, 0.05) is 29.9 Å². The maximum atomic E-state index is 11.8. The second-order valence-electron chi connectivity index (χ2n) is 3.68. The molecular formula is C13H9NO. The van der Waals surface area contributed by atoms with Gasteiger partial charge in [-0.25, -0.2) is 0 Å². The first-order valence-corrected chi connectivity index (χ1v) is 4.92. The van der Waals surface area contributed by atoms with Gasteiger partial charge < -0.3 is 0 Å². The number of rotatable bonds is 0. The van der Waals surface area contributed by atoms with E-state index in [1.165, 1.54) is 0 Å². The molecule has 0 aliphatic heterocycles. The minimum absolute atomic E-state index is 0.198. The van der Waals surface area contributed by atoms with Gasteiger partial charge in [0.2, 0.25) is 0 Å². The van der Waals surface area contributed by atoms with Crippen LogP contribution in [0.5, 0.6) is 0 Å². The zero-order valence-electron chi connectivity index (χ0n) is 8.10. The summed E-state index contributed by atoms with van der Waals surface area (Å²) in [5, 5.41) is 0. The van der Waals surface area contributed by atoms with Gasteiger partial charge in [-0.05, 0) is 17.2 Å². The van der Waals surface area contributed by atoms with Crippen molar-refractivity contribution >= 4 is 5.78 Å². The number of hydrogen-bond acceptors (Lipinski definition) is 2. The molecule has 2 heteroatoms. The topological polar surface area (TPSA) is 30.0 Å². The molecule has 0 atom stereocenters. The zero-order valence-corrected chi connectivity index (χ0v) is 8.10. The fourth-order valence-electron chi connectivity index (χ4n) is 2.05. The lowest BCUT2D eigenvalue weighted by atomic mass is 9.86. The van der Waals surface area contributed by atoms with Crippen molar-refractivity contribution in [1.29, 1.82) is 0 Å². The Morgan fingerprint density at radius 2 is 1.80 bits per heavy atom. The number of ketones is 1. The molecule has 1 heterocycles. The molecule has 0 bridgehead atoms. The Balaban J connectivity index is 2.34. The third-order valence-corrected chi connectivity index (χ3v) is 2.78. The third kappa shape index (κ3) is 1.18. The minimum atomic E-state index is 0.198. The average molecular weight is 195 g/mol. The zero-order chi connectivity index (χ0) is 10.3. The number of carbonyl (C=O) groups is 1. The highest BCUT2D eigenvalue weighted by atomic mass is 16.1. The van der Waals surface area contributed by atoms with E-state index in [0.717, 1.165) is 22.3 Å². The van der Waals surface area contributed by atoms with Gasteiger partial charge >= 0.3 is 0 Å². The lowest BCUT2D eigenvalue weighted by Gasteiger charge is -2.17. The quantitative estimate of drug-likeness (QED) is 0.646. The van der Waals surface area contributed by atoms with Gasteiger partial charge in [0.15, 0.2) is 5.78 Å². The summed E-state index contributed by atoms with van der Waals surface area (Å²) in [6.45, 7) is 0. The predicted molar refractivity (Wildman–Crippen MR) is 57.7 cm³/mol. The summed E-state index contributed by atoms with van der Waals surface area (Å²) >= 11 is 0. The van der Waals surface area contributed by atoms with Crippen molar-refractivity contribution in [2.45, 2.75) is 6.42 Å². The van der Waals surface area contributed by atoms with Crippen LogP contribution in [0.3, 0.4) is 0 Å². The van der Waals surface area contributed by atoms with Crippen molar-refractivity contribution in [3.63, 3.8) is 0 Å². The molecule has 2 aromatic rings. The number of benzene rings is 1. The Morgan fingerprint density at radius 1 is 1.00 bits per heavy atom. The summed E-state index contributed by atoms with van der Waals surface area (Å²) in [6, 6.07) is 9.63. The maximum Gasteiger partial charge on any atom is 0.167 e. The molecule has 2 nitrogen and oxygen atoms in total. The third-order valence-electron chi connectivity index (χ3n) is 2.78. The maximum absolute atomic E-state index is 11.8. The SMILES string of the molecule is O=C1Cc2ccncc2-c2ccccc21. The number of fused-ring (bicyclic) bond motifs is 3. The van der Waals surface area contributed by atoms with Crippen molar-refractivity contribution in [3.05, 3.63) is 53.9 Å². The normalized spacial score (nSPS) is 13.2. The lowest BCUT2D eigenvalue weighted by Crippen LogP contribution is -2.12. The van der Waals surface area contributed by atoms with Crippen LogP contribution in [0.4, 0.5) is 0 Å². The van der Waals surface area contributed by atoms with Gasteiger partial charge in [0.25, 0.3) is 0 Å². The van der Waals surface area contributed by atoms with Gasteiger partial charge in [-0.3, -0.25) is 9.78 Å². The van der Waals surface area contributed by atoms with Gasteiger partial charge in [-0.2, -0.15) is 0 Å². The standard InChI is InChI=1S/C13H9NO/c15-13-7-9-5-6-14-8-12(9)10-3-1-2-4-11(10)13/h1-6,8H,7H2. The number of nitrogens with zero attached hydrogens (tertiary/aromatic N) is 1. The Kier molecular flexibility index (Phi) is 1.68. The summed E-state index contributed by atoms with van der Waals surface area (Å²) in [7, 11) is 0. The molecule has 0 saturated heterocycles. The number of Topliss-reactive ketones (excluding diaryl/α,β-unsaturated/α-hetero) is 1. The molecule has 0 radical (unpaired) electrons. The number of hydrogen-bond donors (Lipinski definition) is 0. The minimum Gasteiger partial charge on any atom is -0.294 e. The van der Waals surface area contributed by atoms with E-state index in [1.54, 1.807) is 6.20 Å². The fraction of sp³-hybridized carbons (Fsp3) is 0.0769. The van der Waals surface area contributed by atoms with Crippen LogP contribution in [0.15, 0.2) is 42.7 Å². The monoisotopic (exact) mass is 195 g/mol. The van der Waals surface area contributed by atoms with Crippen LogP contribution in [-0.2, 0) is 6.42 Å². The van der Waals surface area contributed by atoms with Crippen molar-refractivity contribution in [2.75, 3.05) is 0 Å². The molecule has 0 N–H and O–H groups in total. The van der Waals surface area contributed by atoms with E-state index in [-0.39, 0.29) is 5.78 Å². The van der Waals surface area contributed by atoms with E-state index in [4.69, 9.17) is 0 Å². The van der Waals surface area contributed by atoms with Crippen molar-refractivity contribution in [2.24, 2.45) is 0 Å². The van der Waals surface area contributed by atoms with Gasteiger partial charge in [0.05, 0.1) is 0 Å². The van der Waals surface area contributed by atoms with Crippen LogP contribution < -0.4 is 0 Å². The molecular weight excluding hydrogens is 186 g/mol. The first-order valence-electron chi connectivity index (χ1n) is 4.92. The fourth-order valence-corrected chi connectivity index (χ4v) is 2.05. The van der Waals surface area contributed by atoms with Crippen LogP contribution in [0, 0.1) is 0 Å². The summed E-state index contributed by atoms with van der Waals surface area (Å²) in [4.78, 5) is 15.9. The first-order chi connectivity index (χ1) is 7.36. The lowest BCUT2D eigenvalue weighted by molar-refractivity contribution is 0.0992. The van der Waals surface area contributed by atoms with E-state index >= 15 is 0 Å². The van der Waals surface area contributed by atoms with Crippen molar-refractivity contribution in [3.8, 4) is 11.1 Å². The summed E-state index contributed by atoms with van der Waals surface area (Å²) in [5.74, 6) is 0.198. The van der Waals surface area contributed by atoms with Crippen LogP contribution in [0.25, 0.3) is 11.1 Å². The highest BCUT2D eigenvalue weighted by Gasteiger charge is 2.21. The van der Waals surface area contributed by atoms with E-state index in [0.29, 0.717) is 6.42 Å². The highest BCUT2D eigenvalue weighted by Crippen LogP contribution is 2.32. The molecule has 1 aliphatic rings. The highest BCUT2D eigenvalue weighted by molar-refractivity contribution is 6.07. The number of carbonyl (C=O) groups excluding carboxylic acids is 1. The second kappa shape index (κ2) is 3.02. The summed E-state index contributed by atoms with van der Waals surface area (Å²) in [6.07, 6.45) is 4.06. The molecule has 1 aliphatic carbocycles. The molecule has 0 amide bonds. The van der Waals surface area contributed by atoms with Crippen LogP contribution in [0.2, 0.25) is 0 Å². The van der Waals surface area contributed by atoms with Gasteiger partial charge in [-0.1, -0.05) is 24.3 Å². The van der Waals surface area contributed by atoms with E-state index in [1.807, 2.05) is 36.5 Å². The number of aromatic nitrogens is 1. The van der Waals surface area contributed by atoms with Crippen LogP contribution in [-0.4, -0.2) is 10.8 Å². The molecule has 0 fully saturated rings. The number of pyridine rings is 1. The first kappa shape index (κ1) is 8.36. The van der Waals surface area contributed by atoms with Crippen molar-refractivity contribution < 1.29 is 4.79 Å². The van der Waals surface area contributed by atoms with Crippen LogP contribution in [0.1, 0.15) is 15.9 Å². The summed E-state index contributed by atoms with van der Waals surface area (Å²) in [5.41, 5.74) is 4.00. The smallest absolute Gasteiger partial charge is 0.167 e. The Labute approximate surface area is 87.6 Å². The van der Waals surface area contributed by atoms with Gasteiger partial charge in [0.1, 0.15) is 0 Å².